The number of esters is 3. The van der Waals surface area contributed by atoms with E-state index in [1.807, 2.05) is 30.3 Å². The van der Waals surface area contributed by atoms with Crippen molar-refractivity contribution in [2.75, 3.05) is 6.61 Å². The quantitative estimate of drug-likeness (QED) is 0.465. The van der Waals surface area contributed by atoms with Gasteiger partial charge in [0.1, 0.15) is 18.8 Å². The van der Waals surface area contributed by atoms with Gasteiger partial charge in [-0.15, -0.1) is 0 Å². The van der Waals surface area contributed by atoms with Crippen molar-refractivity contribution >= 4 is 23.8 Å². The van der Waals surface area contributed by atoms with Gasteiger partial charge in [-0.3, -0.25) is 19.2 Å². The lowest BCUT2D eigenvalue weighted by atomic mass is 9.96. The smallest absolute Gasteiger partial charge is 0.303 e. The van der Waals surface area contributed by atoms with E-state index in [4.69, 9.17) is 23.7 Å². The third kappa shape index (κ3) is 7.65. The van der Waals surface area contributed by atoms with E-state index in [1.165, 1.54) is 27.7 Å². The fourth-order valence-corrected chi connectivity index (χ4v) is 3.19. The van der Waals surface area contributed by atoms with Crippen molar-refractivity contribution in [2.45, 2.75) is 64.9 Å². The third-order valence-corrected chi connectivity index (χ3v) is 4.33. The largest absolute Gasteiger partial charge is 0.463 e. The fraction of sp³-hybridized carbons (Fsp3) is 0.524. The Hall–Kier alpha value is -2.98. The fourth-order valence-electron chi connectivity index (χ4n) is 3.19. The van der Waals surface area contributed by atoms with Gasteiger partial charge >= 0.3 is 17.9 Å². The lowest BCUT2D eigenvalue weighted by Crippen LogP contribution is -2.66. The monoisotopic (exact) mass is 437 g/mol. The van der Waals surface area contributed by atoms with Crippen LogP contribution in [0.4, 0.5) is 0 Å². The molecule has 1 saturated heterocycles. The van der Waals surface area contributed by atoms with E-state index < -0.39 is 54.5 Å². The number of benzene rings is 1. The van der Waals surface area contributed by atoms with Gasteiger partial charge in [-0.25, -0.2) is 0 Å². The van der Waals surface area contributed by atoms with Gasteiger partial charge in [0.05, 0.1) is 6.61 Å². The average Bonchev–Trinajstić information content (AvgIpc) is 2.68. The molecule has 1 aromatic carbocycles. The molecule has 0 aromatic heterocycles. The molecule has 1 aliphatic rings. The van der Waals surface area contributed by atoms with Gasteiger partial charge in [0.2, 0.25) is 5.91 Å². The van der Waals surface area contributed by atoms with Gasteiger partial charge in [0.25, 0.3) is 0 Å². The minimum atomic E-state index is -1.14. The lowest BCUT2D eigenvalue weighted by molar-refractivity contribution is -0.280. The number of ether oxygens (including phenoxy) is 5. The number of rotatable bonds is 8. The summed E-state index contributed by atoms with van der Waals surface area (Å²) in [5, 5.41) is 2.65. The highest BCUT2D eigenvalue weighted by Gasteiger charge is 2.51. The molecular weight excluding hydrogens is 410 g/mol. The van der Waals surface area contributed by atoms with Crippen LogP contribution in [0, 0.1) is 0 Å². The van der Waals surface area contributed by atoms with Gasteiger partial charge in [0.15, 0.2) is 18.5 Å². The summed E-state index contributed by atoms with van der Waals surface area (Å²) in [6.07, 6.45) is -4.36. The highest BCUT2D eigenvalue weighted by molar-refractivity contribution is 5.73. The van der Waals surface area contributed by atoms with Crippen molar-refractivity contribution in [3.63, 3.8) is 0 Å². The zero-order valence-electron chi connectivity index (χ0n) is 17.9. The topological polar surface area (TPSA) is 126 Å². The molecule has 1 amide bonds. The Morgan fingerprint density at radius 3 is 2.06 bits per heavy atom. The Kier molecular flexibility index (Phi) is 8.95. The first-order valence-electron chi connectivity index (χ1n) is 9.73. The van der Waals surface area contributed by atoms with E-state index >= 15 is 0 Å². The molecule has 1 heterocycles. The van der Waals surface area contributed by atoms with Crippen LogP contribution in [0.3, 0.4) is 0 Å². The molecule has 10 heteroatoms. The van der Waals surface area contributed by atoms with E-state index in [0.717, 1.165) is 5.56 Å². The van der Waals surface area contributed by atoms with Crippen LogP contribution in [0.1, 0.15) is 33.3 Å². The first-order valence-corrected chi connectivity index (χ1v) is 9.73. The second-order valence-electron chi connectivity index (χ2n) is 7.02. The average molecular weight is 437 g/mol. The predicted molar refractivity (Wildman–Crippen MR) is 105 cm³/mol. The van der Waals surface area contributed by atoms with Crippen LogP contribution in [-0.2, 0) is 49.5 Å². The van der Waals surface area contributed by atoms with Crippen molar-refractivity contribution < 1.29 is 42.9 Å². The van der Waals surface area contributed by atoms with Crippen LogP contribution >= 0.6 is 0 Å². The lowest BCUT2D eigenvalue weighted by Gasteiger charge is -2.44. The number of carbonyl (C=O) groups excluding carboxylic acids is 4. The Balaban J connectivity index is 2.35. The molecule has 1 N–H and O–H groups in total. The van der Waals surface area contributed by atoms with Crippen molar-refractivity contribution in [1.82, 2.24) is 5.32 Å². The maximum Gasteiger partial charge on any atom is 0.303 e. The summed E-state index contributed by atoms with van der Waals surface area (Å²) in [6.45, 7) is 4.72. The molecule has 10 nitrogen and oxygen atoms in total. The molecule has 1 aromatic rings. The highest BCUT2D eigenvalue weighted by atomic mass is 16.7. The maximum absolute atomic E-state index is 11.8. The normalized spacial score (nSPS) is 25.2. The van der Waals surface area contributed by atoms with Crippen LogP contribution in [0.2, 0.25) is 0 Å². The Bertz CT molecular complexity index is 782. The molecule has 0 saturated carbocycles. The SMILES string of the molecule is CC(=O)N[C@H]1C(OCc2ccccc2)O[C@H](COC(C)=O)[C@@H](OC(C)=O)[C@@H]1OC(C)=O. The zero-order chi connectivity index (χ0) is 23.0. The molecule has 0 radical (unpaired) electrons. The molecule has 2 rings (SSSR count). The minimum absolute atomic E-state index is 0.132. The van der Waals surface area contributed by atoms with E-state index in [0.29, 0.717) is 0 Å². The van der Waals surface area contributed by atoms with E-state index in [1.54, 1.807) is 0 Å². The first kappa shape index (κ1) is 24.3. The minimum Gasteiger partial charge on any atom is -0.463 e. The number of amides is 1. The standard InChI is InChI=1S/C21H27NO9/c1-12(23)22-18-20(30-15(4)26)19(29-14(3)25)17(11-27-13(2)24)31-21(18)28-10-16-8-6-5-7-9-16/h5-9,17-21H,10-11H2,1-4H3,(H,22,23)/t17-,18-,19-,20-,21?/m1/s1. The van der Waals surface area contributed by atoms with Crippen molar-refractivity contribution in [2.24, 2.45) is 0 Å². The summed E-state index contributed by atoms with van der Waals surface area (Å²) in [4.78, 5) is 46.7. The maximum atomic E-state index is 11.8. The summed E-state index contributed by atoms with van der Waals surface area (Å²) < 4.78 is 27.6. The van der Waals surface area contributed by atoms with Crippen LogP contribution in [0.15, 0.2) is 30.3 Å². The van der Waals surface area contributed by atoms with Crippen LogP contribution < -0.4 is 5.32 Å². The number of hydrogen-bond acceptors (Lipinski definition) is 9. The zero-order valence-corrected chi connectivity index (χ0v) is 17.9. The molecule has 1 fully saturated rings. The molecule has 31 heavy (non-hydrogen) atoms. The van der Waals surface area contributed by atoms with Crippen molar-refractivity contribution in [3.8, 4) is 0 Å². The molecule has 0 spiro atoms. The van der Waals surface area contributed by atoms with Crippen LogP contribution in [-0.4, -0.2) is 61.1 Å². The second kappa shape index (κ2) is 11.4. The highest BCUT2D eigenvalue weighted by Crippen LogP contribution is 2.28. The number of nitrogens with one attached hydrogen (secondary N) is 1. The Morgan fingerprint density at radius 1 is 0.903 bits per heavy atom. The number of hydrogen-bond donors (Lipinski definition) is 1. The molecule has 0 aliphatic carbocycles. The summed E-state index contributed by atoms with van der Waals surface area (Å²) in [6, 6.07) is 8.25. The first-order chi connectivity index (χ1) is 14.7. The van der Waals surface area contributed by atoms with Crippen molar-refractivity contribution in [1.29, 1.82) is 0 Å². The second-order valence-corrected chi connectivity index (χ2v) is 7.02. The molecule has 1 unspecified atom stereocenters. The van der Waals surface area contributed by atoms with E-state index in [9.17, 15) is 19.2 Å². The molecule has 170 valence electrons. The summed E-state index contributed by atoms with van der Waals surface area (Å²) in [7, 11) is 0. The van der Waals surface area contributed by atoms with Crippen LogP contribution in [0.5, 0.6) is 0 Å². The molecule has 5 atom stereocenters. The summed E-state index contributed by atoms with van der Waals surface area (Å²) >= 11 is 0. The number of carbonyl (C=O) groups is 4. The van der Waals surface area contributed by atoms with Gasteiger partial charge in [-0.2, -0.15) is 0 Å². The predicted octanol–water partition coefficient (Wildman–Crippen LogP) is 0.859. The molecular formula is C21H27NO9. The Morgan fingerprint density at radius 2 is 1.52 bits per heavy atom. The Labute approximate surface area is 180 Å². The van der Waals surface area contributed by atoms with E-state index in [-0.39, 0.29) is 13.2 Å². The van der Waals surface area contributed by atoms with Gasteiger partial charge in [0, 0.05) is 27.7 Å². The summed E-state index contributed by atoms with van der Waals surface area (Å²) in [5.74, 6) is -2.32. The summed E-state index contributed by atoms with van der Waals surface area (Å²) in [5.41, 5.74) is 0.843. The van der Waals surface area contributed by atoms with Crippen LogP contribution in [0.25, 0.3) is 0 Å². The van der Waals surface area contributed by atoms with Gasteiger partial charge in [-0.05, 0) is 5.56 Å². The third-order valence-electron chi connectivity index (χ3n) is 4.33. The molecule has 0 bridgehead atoms. The van der Waals surface area contributed by atoms with E-state index in [2.05, 4.69) is 5.32 Å². The van der Waals surface area contributed by atoms with Gasteiger partial charge < -0.3 is 29.0 Å². The van der Waals surface area contributed by atoms with Crippen molar-refractivity contribution in [3.05, 3.63) is 35.9 Å². The van der Waals surface area contributed by atoms with Gasteiger partial charge in [-0.1, -0.05) is 30.3 Å². The molecule has 1 aliphatic heterocycles.